The topological polar surface area (TPSA) is 73.0 Å². The number of hydrogen-bond acceptors (Lipinski definition) is 4. The van der Waals surface area contributed by atoms with Gasteiger partial charge in [0.2, 0.25) is 11.6 Å². The van der Waals surface area contributed by atoms with Crippen LogP contribution in [0.3, 0.4) is 0 Å². The monoisotopic (exact) mass is 224 g/mol. The number of nitrogens with zero attached hydrogens (tertiary/aromatic N) is 3. The SMILES string of the molecule is Cc1nc([N+](=O)[O-])c(NC(C)C2CC2)n1C. The summed E-state index contributed by atoms with van der Waals surface area (Å²) in [5, 5.41) is 14.0. The highest BCUT2D eigenvalue weighted by Crippen LogP contribution is 2.35. The minimum absolute atomic E-state index is 0.0764. The van der Waals surface area contributed by atoms with Gasteiger partial charge in [-0.15, -0.1) is 0 Å². The van der Waals surface area contributed by atoms with E-state index in [1.165, 1.54) is 12.8 Å². The fraction of sp³-hybridized carbons (Fsp3) is 0.700. The minimum atomic E-state index is -0.436. The lowest BCUT2D eigenvalue weighted by Crippen LogP contribution is -2.19. The van der Waals surface area contributed by atoms with Crippen LogP contribution >= 0.6 is 0 Å². The number of hydrogen-bond donors (Lipinski definition) is 1. The van der Waals surface area contributed by atoms with Gasteiger partial charge in [-0.1, -0.05) is 0 Å². The van der Waals surface area contributed by atoms with Crippen LogP contribution in [0.25, 0.3) is 0 Å². The van der Waals surface area contributed by atoms with E-state index in [1.54, 1.807) is 18.5 Å². The molecule has 0 spiro atoms. The summed E-state index contributed by atoms with van der Waals surface area (Å²) in [6.45, 7) is 3.82. The normalized spacial score (nSPS) is 17.2. The van der Waals surface area contributed by atoms with Crippen LogP contribution in [-0.2, 0) is 7.05 Å². The molecule has 6 heteroatoms. The van der Waals surface area contributed by atoms with Gasteiger partial charge in [0.05, 0.1) is 0 Å². The summed E-state index contributed by atoms with van der Waals surface area (Å²) >= 11 is 0. The maximum Gasteiger partial charge on any atom is 0.406 e. The van der Waals surface area contributed by atoms with Crippen LogP contribution in [0.5, 0.6) is 0 Å². The summed E-state index contributed by atoms with van der Waals surface area (Å²) in [7, 11) is 1.79. The number of aryl methyl sites for hydroxylation is 1. The number of rotatable bonds is 4. The van der Waals surface area contributed by atoms with Crippen LogP contribution in [0.1, 0.15) is 25.6 Å². The molecule has 1 N–H and O–H groups in total. The Hall–Kier alpha value is -1.59. The maximum absolute atomic E-state index is 10.8. The Balaban J connectivity index is 2.26. The Morgan fingerprint density at radius 2 is 2.25 bits per heavy atom. The smallest absolute Gasteiger partial charge is 0.362 e. The molecule has 1 aromatic rings. The van der Waals surface area contributed by atoms with Crippen LogP contribution in [0.2, 0.25) is 0 Å². The van der Waals surface area contributed by atoms with Gasteiger partial charge in [0.15, 0.2) is 0 Å². The van der Waals surface area contributed by atoms with Gasteiger partial charge in [-0.25, -0.2) is 0 Å². The van der Waals surface area contributed by atoms with Gasteiger partial charge in [0, 0.05) is 20.0 Å². The van der Waals surface area contributed by atoms with Gasteiger partial charge >= 0.3 is 5.82 Å². The van der Waals surface area contributed by atoms with E-state index < -0.39 is 4.92 Å². The van der Waals surface area contributed by atoms with Crippen LogP contribution in [0.15, 0.2) is 0 Å². The van der Waals surface area contributed by atoms with Crippen molar-refractivity contribution < 1.29 is 4.92 Å². The molecule has 0 amide bonds. The third kappa shape index (κ3) is 1.87. The highest BCUT2D eigenvalue weighted by molar-refractivity contribution is 5.54. The lowest BCUT2D eigenvalue weighted by Gasteiger charge is -2.13. The summed E-state index contributed by atoms with van der Waals surface area (Å²) in [6, 6.07) is 0.272. The van der Waals surface area contributed by atoms with Crippen molar-refractivity contribution in [2.24, 2.45) is 13.0 Å². The first-order valence-electron chi connectivity index (χ1n) is 5.45. The van der Waals surface area contributed by atoms with E-state index >= 15 is 0 Å². The first-order valence-corrected chi connectivity index (χ1v) is 5.45. The second kappa shape index (κ2) is 3.77. The van der Waals surface area contributed by atoms with Crippen LogP contribution in [0.4, 0.5) is 11.6 Å². The van der Waals surface area contributed by atoms with Gasteiger partial charge in [0.25, 0.3) is 0 Å². The predicted octanol–water partition coefficient (Wildman–Crippen LogP) is 1.85. The molecule has 1 fully saturated rings. The third-order valence-electron chi connectivity index (χ3n) is 3.17. The molecule has 2 rings (SSSR count). The van der Waals surface area contributed by atoms with Crippen molar-refractivity contribution in [1.82, 2.24) is 9.55 Å². The zero-order valence-corrected chi connectivity index (χ0v) is 9.73. The van der Waals surface area contributed by atoms with E-state index in [1.807, 2.05) is 0 Å². The molecule has 1 unspecified atom stereocenters. The molecular formula is C10H16N4O2. The van der Waals surface area contributed by atoms with Gasteiger partial charge < -0.3 is 15.4 Å². The molecule has 1 heterocycles. The quantitative estimate of drug-likeness (QED) is 0.625. The molecule has 1 saturated carbocycles. The van der Waals surface area contributed by atoms with E-state index in [0.29, 0.717) is 17.6 Å². The summed E-state index contributed by atoms with van der Waals surface area (Å²) < 4.78 is 1.73. The molecule has 1 atom stereocenters. The molecule has 1 aliphatic carbocycles. The molecule has 1 aromatic heterocycles. The van der Waals surface area contributed by atoms with E-state index in [2.05, 4.69) is 17.2 Å². The number of aromatic nitrogens is 2. The Morgan fingerprint density at radius 1 is 1.62 bits per heavy atom. The molecule has 0 saturated heterocycles. The van der Waals surface area contributed by atoms with Gasteiger partial charge in [0.1, 0.15) is 0 Å². The fourth-order valence-corrected chi connectivity index (χ4v) is 1.81. The summed E-state index contributed by atoms with van der Waals surface area (Å²) in [5.74, 6) is 1.74. The third-order valence-corrected chi connectivity index (χ3v) is 3.17. The van der Waals surface area contributed by atoms with Crippen molar-refractivity contribution in [2.45, 2.75) is 32.7 Å². The lowest BCUT2D eigenvalue weighted by molar-refractivity contribution is -0.388. The van der Waals surface area contributed by atoms with E-state index in [0.717, 1.165) is 0 Å². The molecule has 16 heavy (non-hydrogen) atoms. The van der Waals surface area contributed by atoms with Crippen LogP contribution in [0, 0.1) is 23.0 Å². The second-order valence-electron chi connectivity index (χ2n) is 4.42. The molecule has 88 valence electrons. The maximum atomic E-state index is 10.8. The van der Waals surface area contributed by atoms with E-state index in [9.17, 15) is 10.1 Å². The Bertz CT molecular complexity index is 423. The number of anilines is 1. The Labute approximate surface area is 93.8 Å². The molecule has 0 aliphatic heterocycles. The molecule has 1 aliphatic rings. The van der Waals surface area contributed by atoms with Gasteiger partial charge in [-0.05, 0) is 35.6 Å². The summed E-state index contributed by atoms with van der Waals surface area (Å²) in [6.07, 6.45) is 2.41. The van der Waals surface area contributed by atoms with Crippen molar-refractivity contribution >= 4 is 11.6 Å². The Kier molecular flexibility index (Phi) is 2.57. The average Bonchev–Trinajstić information content (AvgIpc) is 3.01. The van der Waals surface area contributed by atoms with E-state index in [4.69, 9.17) is 0 Å². The molecule has 0 radical (unpaired) electrons. The number of nitrogens with one attached hydrogen (secondary N) is 1. The molecule has 0 aromatic carbocycles. The zero-order chi connectivity index (χ0) is 11.9. The van der Waals surface area contributed by atoms with Gasteiger partial charge in [-0.3, -0.25) is 4.57 Å². The summed E-state index contributed by atoms with van der Waals surface area (Å²) in [4.78, 5) is 14.4. The fourth-order valence-electron chi connectivity index (χ4n) is 1.81. The first kappa shape index (κ1) is 10.9. The van der Waals surface area contributed by atoms with Gasteiger partial charge in [-0.2, -0.15) is 0 Å². The highest BCUT2D eigenvalue weighted by atomic mass is 16.6. The standard InChI is InChI=1S/C10H16N4O2/c1-6(8-4-5-8)11-9-10(14(15)16)12-7(2)13(9)3/h6,8,11H,4-5H2,1-3H3. The van der Waals surface area contributed by atoms with Crippen molar-refractivity contribution in [3.05, 3.63) is 15.9 Å². The van der Waals surface area contributed by atoms with Crippen molar-refractivity contribution in [1.29, 1.82) is 0 Å². The van der Waals surface area contributed by atoms with Crippen molar-refractivity contribution in [3.8, 4) is 0 Å². The highest BCUT2D eigenvalue weighted by Gasteiger charge is 2.31. The van der Waals surface area contributed by atoms with Crippen molar-refractivity contribution in [3.63, 3.8) is 0 Å². The summed E-state index contributed by atoms with van der Waals surface area (Å²) in [5.41, 5.74) is 0. The largest absolute Gasteiger partial charge is 0.406 e. The predicted molar refractivity (Wildman–Crippen MR) is 60.4 cm³/mol. The van der Waals surface area contributed by atoms with Crippen LogP contribution in [-0.4, -0.2) is 20.5 Å². The first-order chi connectivity index (χ1) is 7.50. The minimum Gasteiger partial charge on any atom is -0.362 e. The lowest BCUT2D eigenvalue weighted by atomic mass is 10.2. The second-order valence-corrected chi connectivity index (χ2v) is 4.42. The molecular weight excluding hydrogens is 208 g/mol. The zero-order valence-electron chi connectivity index (χ0n) is 9.73. The van der Waals surface area contributed by atoms with E-state index in [-0.39, 0.29) is 11.9 Å². The van der Waals surface area contributed by atoms with Crippen molar-refractivity contribution in [2.75, 3.05) is 5.32 Å². The number of nitro groups is 1. The Morgan fingerprint density at radius 3 is 2.75 bits per heavy atom. The van der Waals surface area contributed by atoms with Crippen LogP contribution < -0.4 is 5.32 Å². The molecule has 6 nitrogen and oxygen atoms in total. The number of imidazole rings is 1. The molecule has 0 bridgehead atoms. The average molecular weight is 224 g/mol.